The lowest BCUT2D eigenvalue weighted by molar-refractivity contribution is -0.384. The summed E-state index contributed by atoms with van der Waals surface area (Å²) in [4.78, 5) is 14.7. The third kappa shape index (κ3) is 7.17. The van der Waals surface area contributed by atoms with Crippen molar-refractivity contribution in [3.63, 3.8) is 0 Å². The Labute approximate surface area is 199 Å². The summed E-state index contributed by atoms with van der Waals surface area (Å²) in [6.45, 7) is 2.15. The molecule has 32 heavy (non-hydrogen) atoms. The molecule has 2 atom stereocenters. The smallest absolute Gasteiger partial charge is 0.387 e. The largest absolute Gasteiger partial charge is 0.434 e. The Morgan fingerprint density at radius 3 is 2.66 bits per heavy atom. The minimum absolute atomic E-state index is 0.00413. The van der Waals surface area contributed by atoms with Gasteiger partial charge in [-0.25, -0.2) is 9.19 Å². The maximum absolute atomic E-state index is 13.0. The first kappa shape index (κ1) is 26.1. The van der Waals surface area contributed by atoms with Crippen LogP contribution in [-0.2, 0) is 11.0 Å². The molecule has 0 unspecified atom stereocenters. The highest BCUT2D eigenvalue weighted by atomic mass is 79.9. The predicted octanol–water partition coefficient (Wildman–Crippen LogP) is 6.08. The fourth-order valence-corrected chi connectivity index (χ4v) is 3.83. The number of halogens is 4. The average Bonchev–Trinajstić information content (AvgIpc) is 2.66. The Kier molecular flexibility index (Phi) is 9.05. The molecule has 8 nitrogen and oxygen atoms in total. The van der Waals surface area contributed by atoms with Crippen molar-refractivity contribution < 1.29 is 22.6 Å². The summed E-state index contributed by atoms with van der Waals surface area (Å²) in [5.74, 6) is -0.321. The van der Waals surface area contributed by atoms with Gasteiger partial charge in [-0.3, -0.25) is 10.1 Å². The highest BCUT2D eigenvalue weighted by Crippen LogP contribution is 2.38. The number of ether oxygens (including phenoxy) is 1. The Morgan fingerprint density at radius 2 is 2.06 bits per heavy atom. The number of rotatable bonds is 9. The molecular formula is C19H20BrClF2N4O4S. The normalized spacial score (nSPS) is 13.9. The summed E-state index contributed by atoms with van der Waals surface area (Å²) in [7, 11) is -1.56. The van der Waals surface area contributed by atoms with Crippen molar-refractivity contribution in [3.05, 3.63) is 55.6 Å². The molecule has 0 aliphatic heterocycles. The third-order valence-electron chi connectivity index (χ3n) is 3.96. The van der Waals surface area contributed by atoms with Crippen LogP contribution in [0.15, 0.2) is 39.2 Å². The van der Waals surface area contributed by atoms with E-state index in [2.05, 4.69) is 35.4 Å². The van der Waals surface area contributed by atoms with Gasteiger partial charge < -0.3 is 10.1 Å². The molecule has 0 fully saturated rings. The van der Waals surface area contributed by atoms with E-state index in [1.165, 1.54) is 30.5 Å². The van der Waals surface area contributed by atoms with Crippen molar-refractivity contribution in [1.82, 2.24) is 4.98 Å². The first-order valence-electron chi connectivity index (χ1n) is 9.15. The number of nitrogens with zero attached hydrogens (tertiary/aromatic N) is 3. The Hall–Kier alpha value is -2.18. The van der Waals surface area contributed by atoms with Crippen molar-refractivity contribution in [1.29, 1.82) is 0 Å². The van der Waals surface area contributed by atoms with Crippen LogP contribution in [0.1, 0.15) is 38.8 Å². The van der Waals surface area contributed by atoms with Gasteiger partial charge in [0.1, 0.15) is 21.9 Å². The average molecular weight is 554 g/mol. The summed E-state index contributed by atoms with van der Waals surface area (Å²) in [6.07, 6.45) is 1.39. The van der Waals surface area contributed by atoms with Gasteiger partial charge in [-0.15, -0.1) is 0 Å². The quantitative estimate of drug-likeness (QED) is 0.174. The van der Waals surface area contributed by atoms with Gasteiger partial charge in [0.05, 0.1) is 15.7 Å². The molecule has 0 aliphatic rings. The standard InChI is InChI=1S/C19H20BrClF2N4O4S/c1-19(2,3)32(30)24-10-9-12(16-11(20)5-4-6-14(16)31-18(22)23)25-17-13(27(28)29)7-8-15(21)26-17/h4-8,10,12,18H,9H2,1-3H3,(H,25,26)/t12-,32-/m0/s1. The van der Waals surface area contributed by atoms with E-state index in [0.717, 1.165) is 0 Å². The molecule has 1 N–H and O–H groups in total. The van der Waals surface area contributed by atoms with E-state index in [-0.39, 0.29) is 34.4 Å². The van der Waals surface area contributed by atoms with Gasteiger partial charge in [-0.05, 0) is 39.0 Å². The van der Waals surface area contributed by atoms with Gasteiger partial charge in [0.25, 0.3) is 0 Å². The summed E-state index contributed by atoms with van der Waals surface area (Å²) >= 11 is 9.22. The lowest BCUT2D eigenvalue weighted by atomic mass is 10.0. The molecule has 1 heterocycles. The van der Waals surface area contributed by atoms with Gasteiger partial charge in [0.2, 0.25) is 5.82 Å². The van der Waals surface area contributed by atoms with Crippen LogP contribution >= 0.6 is 27.5 Å². The minimum atomic E-state index is -3.09. The lowest BCUT2D eigenvalue weighted by Gasteiger charge is -2.22. The van der Waals surface area contributed by atoms with Crippen molar-refractivity contribution in [2.75, 3.05) is 5.32 Å². The molecule has 0 amide bonds. The minimum Gasteiger partial charge on any atom is -0.434 e. The van der Waals surface area contributed by atoms with E-state index in [1.54, 1.807) is 26.8 Å². The van der Waals surface area contributed by atoms with Crippen LogP contribution in [0.5, 0.6) is 5.75 Å². The number of nitro groups is 1. The van der Waals surface area contributed by atoms with Crippen molar-refractivity contribution in [2.45, 2.75) is 44.6 Å². The molecule has 0 saturated carbocycles. The van der Waals surface area contributed by atoms with Crippen molar-refractivity contribution >= 4 is 56.2 Å². The zero-order chi connectivity index (χ0) is 24.1. The number of pyridine rings is 1. The molecular weight excluding hydrogens is 534 g/mol. The van der Waals surface area contributed by atoms with Crippen LogP contribution in [0, 0.1) is 10.1 Å². The molecule has 0 bridgehead atoms. The van der Waals surface area contributed by atoms with E-state index >= 15 is 0 Å². The summed E-state index contributed by atoms with van der Waals surface area (Å²) in [5, 5.41) is 14.3. The monoisotopic (exact) mass is 552 g/mol. The van der Waals surface area contributed by atoms with E-state index in [9.17, 15) is 23.1 Å². The Bertz CT molecular complexity index is 1040. The number of hydrogen-bond donors (Lipinski definition) is 1. The SMILES string of the molecule is CC(C)(C)[S@](=O)N=CC[C@H](Nc1nc(Cl)ccc1[N+](=O)[O-])c1c(Br)cccc1OC(F)F. The molecule has 0 saturated heterocycles. The molecule has 1 aromatic heterocycles. The number of hydrogen-bond acceptors (Lipinski definition) is 6. The number of benzene rings is 1. The van der Waals surface area contributed by atoms with Gasteiger partial charge in [0.15, 0.2) is 0 Å². The molecule has 13 heteroatoms. The van der Waals surface area contributed by atoms with E-state index in [4.69, 9.17) is 11.6 Å². The topological polar surface area (TPSA) is 107 Å². The first-order valence-corrected chi connectivity index (χ1v) is 11.4. The fourth-order valence-electron chi connectivity index (χ4n) is 2.52. The molecule has 0 spiro atoms. The second-order valence-electron chi connectivity index (χ2n) is 7.37. The molecule has 0 aliphatic carbocycles. The van der Waals surface area contributed by atoms with Gasteiger partial charge in [-0.1, -0.05) is 33.6 Å². The van der Waals surface area contributed by atoms with Crippen LogP contribution in [0.25, 0.3) is 0 Å². The second kappa shape index (κ2) is 11.1. The first-order chi connectivity index (χ1) is 14.9. The lowest BCUT2D eigenvalue weighted by Crippen LogP contribution is -2.20. The summed E-state index contributed by atoms with van der Waals surface area (Å²) < 4.78 is 46.7. The molecule has 2 rings (SSSR count). The van der Waals surface area contributed by atoms with Crippen LogP contribution < -0.4 is 10.1 Å². The zero-order valence-corrected chi connectivity index (χ0v) is 20.4. The third-order valence-corrected chi connectivity index (χ3v) is 6.25. The molecule has 1 aromatic carbocycles. The van der Waals surface area contributed by atoms with Crippen molar-refractivity contribution in [2.24, 2.45) is 4.40 Å². The Balaban J connectivity index is 2.53. The molecule has 2 aromatic rings. The second-order valence-corrected chi connectivity index (χ2v) is 10.5. The van der Waals surface area contributed by atoms with Crippen LogP contribution in [0.2, 0.25) is 5.15 Å². The van der Waals surface area contributed by atoms with E-state index in [0.29, 0.717) is 4.47 Å². The number of nitrogens with one attached hydrogen (secondary N) is 1. The maximum Gasteiger partial charge on any atom is 0.387 e. The zero-order valence-electron chi connectivity index (χ0n) is 17.2. The van der Waals surface area contributed by atoms with Crippen LogP contribution in [0.3, 0.4) is 0 Å². The van der Waals surface area contributed by atoms with E-state index in [1.807, 2.05) is 0 Å². The van der Waals surface area contributed by atoms with Gasteiger partial charge in [0, 0.05) is 28.7 Å². The maximum atomic E-state index is 13.0. The molecule has 0 radical (unpaired) electrons. The predicted molar refractivity (Wildman–Crippen MR) is 124 cm³/mol. The number of anilines is 1. The Morgan fingerprint density at radius 1 is 1.38 bits per heavy atom. The van der Waals surface area contributed by atoms with Crippen LogP contribution in [0.4, 0.5) is 20.3 Å². The van der Waals surface area contributed by atoms with E-state index < -0.39 is 33.3 Å². The number of alkyl halides is 2. The molecule has 174 valence electrons. The fraction of sp³-hybridized carbons (Fsp3) is 0.368. The highest BCUT2D eigenvalue weighted by molar-refractivity contribution is 9.10. The summed E-state index contributed by atoms with van der Waals surface area (Å²) in [6, 6.07) is 6.01. The van der Waals surface area contributed by atoms with Gasteiger partial charge >= 0.3 is 12.3 Å². The summed E-state index contributed by atoms with van der Waals surface area (Å²) in [5.41, 5.74) is -0.116. The number of aromatic nitrogens is 1. The highest BCUT2D eigenvalue weighted by Gasteiger charge is 2.25. The van der Waals surface area contributed by atoms with Crippen LogP contribution in [-0.4, -0.2) is 31.7 Å². The van der Waals surface area contributed by atoms with Crippen molar-refractivity contribution in [3.8, 4) is 5.75 Å². The van der Waals surface area contributed by atoms with Gasteiger partial charge in [-0.2, -0.15) is 13.2 Å².